The first-order valence-corrected chi connectivity index (χ1v) is 6.78. The van der Waals surface area contributed by atoms with Gasteiger partial charge in [0.05, 0.1) is 6.61 Å². The highest BCUT2D eigenvalue weighted by atomic mass is 32.2. The molecule has 1 aromatic rings. The molecular formula is C11H16FNO3S. The highest BCUT2D eigenvalue weighted by Crippen LogP contribution is 2.16. The van der Waals surface area contributed by atoms with Gasteiger partial charge in [0.15, 0.2) is 0 Å². The molecule has 0 heterocycles. The van der Waals surface area contributed by atoms with E-state index in [9.17, 15) is 12.8 Å². The monoisotopic (exact) mass is 261 g/mol. The van der Waals surface area contributed by atoms with Crippen LogP contribution in [0.4, 0.5) is 4.39 Å². The third-order valence-electron chi connectivity index (χ3n) is 2.41. The number of hydrogen-bond donors (Lipinski definition) is 2. The molecule has 0 bridgehead atoms. The van der Waals surface area contributed by atoms with Crippen LogP contribution in [-0.4, -0.2) is 26.2 Å². The van der Waals surface area contributed by atoms with Crippen LogP contribution in [0.3, 0.4) is 0 Å². The van der Waals surface area contributed by atoms with Crippen LogP contribution in [-0.2, 0) is 10.0 Å². The summed E-state index contributed by atoms with van der Waals surface area (Å²) < 4.78 is 39.4. The van der Waals surface area contributed by atoms with Crippen molar-refractivity contribution in [2.24, 2.45) is 0 Å². The zero-order valence-electron chi connectivity index (χ0n) is 9.77. The zero-order valence-corrected chi connectivity index (χ0v) is 10.6. The lowest BCUT2D eigenvalue weighted by atomic mass is 10.2. The summed E-state index contributed by atoms with van der Waals surface area (Å²) in [5, 5.41) is 8.93. The number of nitrogens with one attached hydrogen (secondary N) is 1. The van der Waals surface area contributed by atoms with Gasteiger partial charge in [-0.15, -0.1) is 0 Å². The van der Waals surface area contributed by atoms with Crippen molar-refractivity contribution in [3.05, 3.63) is 29.6 Å². The van der Waals surface area contributed by atoms with Crippen molar-refractivity contribution in [3.63, 3.8) is 0 Å². The molecule has 1 aromatic carbocycles. The summed E-state index contributed by atoms with van der Waals surface area (Å²) in [7, 11) is -3.92. The Kier molecular flexibility index (Phi) is 4.62. The number of aliphatic hydroxyl groups excluding tert-OH is 1. The van der Waals surface area contributed by atoms with Gasteiger partial charge in [-0.3, -0.25) is 0 Å². The number of halogens is 1. The van der Waals surface area contributed by atoms with Crippen LogP contribution in [0.25, 0.3) is 0 Å². The van der Waals surface area contributed by atoms with Crippen LogP contribution in [0.15, 0.2) is 23.1 Å². The first-order valence-electron chi connectivity index (χ1n) is 5.30. The minimum atomic E-state index is -3.92. The number of aryl methyl sites for hydroxylation is 1. The van der Waals surface area contributed by atoms with E-state index in [1.807, 2.05) is 0 Å². The molecule has 6 heteroatoms. The highest BCUT2D eigenvalue weighted by molar-refractivity contribution is 7.89. The van der Waals surface area contributed by atoms with Crippen molar-refractivity contribution in [2.45, 2.75) is 31.2 Å². The molecular weight excluding hydrogens is 245 g/mol. The first-order chi connectivity index (χ1) is 7.90. The number of rotatable bonds is 5. The summed E-state index contributed by atoms with van der Waals surface area (Å²) in [5.41, 5.74) is 0.649. The minimum Gasteiger partial charge on any atom is -0.395 e. The molecule has 4 nitrogen and oxygen atoms in total. The zero-order chi connectivity index (χ0) is 13.1. The molecule has 0 saturated carbocycles. The van der Waals surface area contributed by atoms with Gasteiger partial charge in [0, 0.05) is 6.04 Å². The van der Waals surface area contributed by atoms with Crippen LogP contribution < -0.4 is 4.72 Å². The summed E-state index contributed by atoms with van der Waals surface area (Å²) >= 11 is 0. The second kappa shape index (κ2) is 5.57. The molecule has 0 spiro atoms. The fourth-order valence-electron chi connectivity index (χ4n) is 1.36. The molecule has 0 aliphatic heterocycles. The fraction of sp³-hybridized carbons (Fsp3) is 0.455. The van der Waals surface area contributed by atoms with E-state index < -0.39 is 26.8 Å². The van der Waals surface area contributed by atoms with E-state index in [-0.39, 0.29) is 6.61 Å². The lowest BCUT2D eigenvalue weighted by Gasteiger charge is -2.14. The van der Waals surface area contributed by atoms with Crippen LogP contribution >= 0.6 is 0 Å². The van der Waals surface area contributed by atoms with Crippen molar-refractivity contribution in [2.75, 3.05) is 6.61 Å². The van der Waals surface area contributed by atoms with Crippen molar-refractivity contribution in [1.82, 2.24) is 4.72 Å². The second-order valence-corrected chi connectivity index (χ2v) is 5.53. The molecule has 96 valence electrons. The van der Waals surface area contributed by atoms with Gasteiger partial charge in [-0.2, -0.15) is 0 Å². The maximum absolute atomic E-state index is 13.5. The van der Waals surface area contributed by atoms with Crippen LogP contribution in [0.2, 0.25) is 0 Å². The number of benzene rings is 1. The number of hydrogen-bond acceptors (Lipinski definition) is 3. The summed E-state index contributed by atoms with van der Waals surface area (Å²) in [5.74, 6) is -0.787. The molecule has 0 aliphatic carbocycles. The van der Waals surface area contributed by atoms with Crippen molar-refractivity contribution in [3.8, 4) is 0 Å². The topological polar surface area (TPSA) is 66.4 Å². The normalized spacial score (nSPS) is 13.6. The predicted octanol–water partition coefficient (Wildman–Crippen LogP) is 1.18. The molecule has 1 rings (SSSR count). The van der Waals surface area contributed by atoms with Crippen LogP contribution in [0.5, 0.6) is 0 Å². The van der Waals surface area contributed by atoms with Crippen molar-refractivity contribution >= 4 is 10.0 Å². The Labute approximate surface area is 101 Å². The van der Waals surface area contributed by atoms with E-state index in [2.05, 4.69) is 4.72 Å². The quantitative estimate of drug-likeness (QED) is 0.836. The number of aliphatic hydroxyl groups is 1. The number of sulfonamides is 1. The van der Waals surface area contributed by atoms with Gasteiger partial charge in [0.2, 0.25) is 10.0 Å². The average molecular weight is 261 g/mol. The van der Waals surface area contributed by atoms with Gasteiger partial charge in [-0.1, -0.05) is 13.0 Å². The second-order valence-electron chi connectivity index (χ2n) is 3.84. The van der Waals surface area contributed by atoms with E-state index in [4.69, 9.17) is 5.11 Å². The Morgan fingerprint density at radius 3 is 2.59 bits per heavy atom. The maximum atomic E-state index is 13.5. The maximum Gasteiger partial charge on any atom is 0.243 e. The Hall–Kier alpha value is -0.980. The molecule has 17 heavy (non-hydrogen) atoms. The molecule has 1 atom stereocenters. The first kappa shape index (κ1) is 14.1. The molecule has 0 amide bonds. The van der Waals surface area contributed by atoms with E-state index in [0.717, 1.165) is 6.07 Å². The summed E-state index contributed by atoms with van der Waals surface area (Å²) in [6.07, 6.45) is 0.434. The van der Waals surface area contributed by atoms with Gasteiger partial charge in [0.1, 0.15) is 10.7 Å². The molecule has 0 fully saturated rings. The largest absolute Gasteiger partial charge is 0.395 e. The van der Waals surface area contributed by atoms with Crippen LogP contribution in [0, 0.1) is 12.7 Å². The fourth-order valence-corrected chi connectivity index (χ4v) is 2.73. The minimum absolute atomic E-state index is 0.316. The van der Waals surface area contributed by atoms with Crippen molar-refractivity contribution < 1.29 is 17.9 Å². The standard InChI is InChI=1S/C11H16FNO3S/c1-3-9(7-14)13-17(15,16)11-5-4-8(2)6-10(11)12/h4-6,9,13-14H,3,7H2,1-2H3. The highest BCUT2D eigenvalue weighted by Gasteiger charge is 2.21. The molecule has 0 radical (unpaired) electrons. The van der Waals surface area contributed by atoms with Gasteiger partial charge in [0.25, 0.3) is 0 Å². The Morgan fingerprint density at radius 2 is 2.12 bits per heavy atom. The predicted molar refractivity (Wildman–Crippen MR) is 62.6 cm³/mol. The van der Waals surface area contributed by atoms with Gasteiger partial charge in [-0.25, -0.2) is 17.5 Å². The van der Waals surface area contributed by atoms with Gasteiger partial charge < -0.3 is 5.11 Å². The molecule has 0 aromatic heterocycles. The van der Waals surface area contributed by atoms with Gasteiger partial charge >= 0.3 is 0 Å². The molecule has 0 saturated heterocycles. The molecule has 2 N–H and O–H groups in total. The lowest BCUT2D eigenvalue weighted by molar-refractivity contribution is 0.253. The summed E-state index contributed by atoms with van der Waals surface area (Å²) in [4.78, 5) is -0.394. The third-order valence-corrected chi connectivity index (χ3v) is 3.97. The van der Waals surface area contributed by atoms with Crippen LogP contribution in [0.1, 0.15) is 18.9 Å². The average Bonchev–Trinajstić information content (AvgIpc) is 2.25. The Morgan fingerprint density at radius 1 is 1.47 bits per heavy atom. The molecule has 1 unspecified atom stereocenters. The van der Waals surface area contributed by atoms with E-state index in [1.165, 1.54) is 12.1 Å². The smallest absolute Gasteiger partial charge is 0.243 e. The van der Waals surface area contributed by atoms with E-state index >= 15 is 0 Å². The summed E-state index contributed by atoms with van der Waals surface area (Å²) in [6, 6.07) is 3.31. The SMILES string of the molecule is CCC(CO)NS(=O)(=O)c1ccc(C)cc1F. The molecule has 0 aliphatic rings. The van der Waals surface area contributed by atoms with Gasteiger partial charge in [-0.05, 0) is 31.0 Å². The third kappa shape index (κ3) is 3.49. The summed E-state index contributed by atoms with van der Waals surface area (Å²) in [6.45, 7) is 3.09. The van der Waals surface area contributed by atoms with Crippen molar-refractivity contribution in [1.29, 1.82) is 0 Å². The lowest BCUT2D eigenvalue weighted by Crippen LogP contribution is -2.37. The van der Waals surface area contributed by atoms with E-state index in [1.54, 1.807) is 13.8 Å². The van der Waals surface area contributed by atoms with E-state index in [0.29, 0.717) is 12.0 Å². The Balaban J connectivity index is 3.05. The Bertz CT molecular complexity index is 483.